The van der Waals surface area contributed by atoms with E-state index in [-0.39, 0.29) is 12.6 Å². The lowest BCUT2D eigenvalue weighted by Gasteiger charge is -2.17. The van der Waals surface area contributed by atoms with Crippen LogP contribution in [0.15, 0.2) is 0 Å². The van der Waals surface area contributed by atoms with Crippen molar-refractivity contribution < 1.29 is 23.5 Å². The van der Waals surface area contributed by atoms with Gasteiger partial charge in [-0.05, 0) is 12.8 Å². The van der Waals surface area contributed by atoms with Gasteiger partial charge in [0.05, 0.1) is 25.8 Å². The molecule has 0 aromatic rings. The van der Waals surface area contributed by atoms with Gasteiger partial charge in [-0.15, -0.1) is 0 Å². The number of hydrogen-bond acceptors (Lipinski definition) is 4. The van der Waals surface area contributed by atoms with Crippen LogP contribution in [-0.4, -0.2) is 30.5 Å². The molecule has 0 fully saturated rings. The smallest absolute Gasteiger partial charge is 0.331 e. The van der Waals surface area contributed by atoms with Crippen molar-refractivity contribution in [1.82, 2.24) is 0 Å². The third-order valence-corrected chi connectivity index (χ3v) is 3.51. The molecule has 0 radical (unpaired) electrons. The minimum Gasteiger partial charge on any atom is -0.481 e. The lowest BCUT2D eigenvalue weighted by Crippen LogP contribution is -2.06. The van der Waals surface area contributed by atoms with Crippen molar-refractivity contribution in [2.45, 2.75) is 33.1 Å². The number of rotatable bonds is 9. The number of aliphatic carboxylic acids is 1. The maximum absolute atomic E-state index is 11.9. The van der Waals surface area contributed by atoms with Gasteiger partial charge in [0.2, 0.25) is 0 Å². The zero-order valence-electron chi connectivity index (χ0n) is 9.27. The van der Waals surface area contributed by atoms with Gasteiger partial charge in [0.25, 0.3) is 0 Å². The van der Waals surface area contributed by atoms with Crippen LogP contribution < -0.4 is 0 Å². The fourth-order valence-electron chi connectivity index (χ4n) is 0.860. The van der Waals surface area contributed by atoms with E-state index in [2.05, 4.69) is 0 Å². The summed E-state index contributed by atoms with van der Waals surface area (Å²) < 4.78 is 22.1. The second-order valence-corrected chi connectivity index (χ2v) is 5.33. The van der Waals surface area contributed by atoms with E-state index in [4.69, 9.17) is 14.2 Å². The molecule has 90 valence electrons. The molecule has 15 heavy (non-hydrogen) atoms. The lowest BCUT2D eigenvalue weighted by molar-refractivity contribution is -0.136. The Hall–Kier alpha value is -0.380. The largest absolute Gasteiger partial charge is 0.481 e. The molecule has 0 saturated heterocycles. The van der Waals surface area contributed by atoms with Crippen LogP contribution in [0.5, 0.6) is 0 Å². The minimum atomic E-state index is -3.19. The van der Waals surface area contributed by atoms with Crippen LogP contribution in [0.3, 0.4) is 0 Å². The van der Waals surface area contributed by atoms with E-state index in [1.54, 1.807) is 0 Å². The highest BCUT2D eigenvalue weighted by atomic mass is 31.2. The monoisotopic (exact) mass is 238 g/mol. The number of carboxylic acid groups (broad SMARTS) is 1. The first-order valence-corrected chi connectivity index (χ1v) is 6.86. The molecule has 0 atom stereocenters. The predicted molar refractivity (Wildman–Crippen MR) is 57.2 cm³/mol. The Labute approximate surface area is 90.3 Å². The summed E-state index contributed by atoms with van der Waals surface area (Å²) in [7, 11) is -3.19. The van der Waals surface area contributed by atoms with Gasteiger partial charge in [-0.2, -0.15) is 0 Å². The summed E-state index contributed by atoms with van der Waals surface area (Å²) in [4.78, 5) is 10.4. The molecule has 6 heteroatoms. The molecular formula is C9H19O5P. The van der Waals surface area contributed by atoms with Gasteiger partial charge >= 0.3 is 13.6 Å². The molecule has 0 spiro atoms. The SMILES string of the molecule is CCCOP(=O)(CCC(=O)O)OCCC. The molecule has 0 aromatic heterocycles. The molecule has 0 aliphatic carbocycles. The van der Waals surface area contributed by atoms with Crippen LogP contribution in [0.2, 0.25) is 0 Å². The molecule has 5 nitrogen and oxygen atoms in total. The third-order valence-electron chi connectivity index (χ3n) is 1.58. The van der Waals surface area contributed by atoms with Gasteiger partial charge in [-0.1, -0.05) is 13.8 Å². The second kappa shape index (κ2) is 7.85. The van der Waals surface area contributed by atoms with Crippen LogP contribution >= 0.6 is 7.60 Å². The van der Waals surface area contributed by atoms with Crippen molar-refractivity contribution in [2.24, 2.45) is 0 Å². The van der Waals surface area contributed by atoms with E-state index in [1.807, 2.05) is 13.8 Å². The molecule has 1 N–H and O–H groups in total. The van der Waals surface area contributed by atoms with Gasteiger partial charge in [-0.25, -0.2) is 0 Å². The normalized spacial score (nSPS) is 11.6. The highest BCUT2D eigenvalue weighted by Gasteiger charge is 2.24. The molecule has 0 aliphatic heterocycles. The van der Waals surface area contributed by atoms with Crippen LogP contribution in [0.25, 0.3) is 0 Å². The molecule has 0 heterocycles. The number of carbonyl (C=O) groups is 1. The van der Waals surface area contributed by atoms with Gasteiger partial charge in [0.15, 0.2) is 0 Å². The first-order valence-electron chi connectivity index (χ1n) is 5.14. The predicted octanol–water partition coefficient (Wildman–Crippen LogP) is 2.51. The van der Waals surface area contributed by atoms with Gasteiger partial charge in [-0.3, -0.25) is 9.36 Å². The number of carboxylic acids is 1. The summed E-state index contributed by atoms with van der Waals surface area (Å²) in [6.45, 7) is 4.45. The summed E-state index contributed by atoms with van der Waals surface area (Å²) in [5, 5.41) is 8.50. The highest BCUT2D eigenvalue weighted by molar-refractivity contribution is 7.53. The van der Waals surface area contributed by atoms with Crippen LogP contribution in [0, 0.1) is 0 Å². The fraction of sp³-hybridized carbons (Fsp3) is 0.889. The topological polar surface area (TPSA) is 72.8 Å². The van der Waals surface area contributed by atoms with Crippen molar-refractivity contribution in [3.05, 3.63) is 0 Å². The summed E-state index contributed by atoms with van der Waals surface area (Å²) in [6.07, 6.45) is 1.21. The van der Waals surface area contributed by atoms with Crippen molar-refractivity contribution >= 4 is 13.6 Å². The van der Waals surface area contributed by atoms with Crippen LogP contribution in [0.4, 0.5) is 0 Å². The molecule has 0 saturated carbocycles. The van der Waals surface area contributed by atoms with Gasteiger partial charge in [0, 0.05) is 0 Å². The fourth-order valence-corrected chi connectivity index (χ4v) is 2.58. The van der Waals surface area contributed by atoms with E-state index in [0.717, 1.165) is 12.8 Å². The van der Waals surface area contributed by atoms with Crippen molar-refractivity contribution in [3.63, 3.8) is 0 Å². The van der Waals surface area contributed by atoms with Crippen LogP contribution in [-0.2, 0) is 18.4 Å². The quantitative estimate of drug-likeness (QED) is 0.625. The van der Waals surface area contributed by atoms with Gasteiger partial charge < -0.3 is 14.2 Å². The summed E-state index contributed by atoms with van der Waals surface area (Å²) in [5.74, 6) is -0.990. The molecule has 0 amide bonds. The maximum atomic E-state index is 11.9. The Morgan fingerprint density at radius 1 is 1.20 bits per heavy atom. The maximum Gasteiger partial charge on any atom is 0.331 e. The summed E-state index contributed by atoms with van der Waals surface area (Å²) >= 11 is 0. The minimum absolute atomic E-state index is 0.0532. The zero-order chi connectivity index (χ0) is 11.7. The van der Waals surface area contributed by atoms with Crippen molar-refractivity contribution in [2.75, 3.05) is 19.4 Å². The zero-order valence-corrected chi connectivity index (χ0v) is 10.2. The highest BCUT2D eigenvalue weighted by Crippen LogP contribution is 2.48. The molecular weight excluding hydrogens is 219 g/mol. The molecule has 0 aliphatic rings. The standard InChI is InChI=1S/C9H19O5P/c1-3-6-13-15(12,14-7-4-2)8-5-9(10)11/h3-8H2,1-2H3,(H,10,11). The van der Waals surface area contributed by atoms with Crippen molar-refractivity contribution in [1.29, 1.82) is 0 Å². The summed E-state index contributed by atoms with van der Waals surface area (Å²) in [6, 6.07) is 0. The molecule has 0 rings (SSSR count). The first kappa shape index (κ1) is 14.6. The average molecular weight is 238 g/mol. The Morgan fingerprint density at radius 2 is 1.67 bits per heavy atom. The Morgan fingerprint density at radius 3 is 2.00 bits per heavy atom. The van der Waals surface area contributed by atoms with Crippen LogP contribution in [0.1, 0.15) is 33.1 Å². The van der Waals surface area contributed by atoms with E-state index in [1.165, 1.54) is 0 Å². The van der Waals surface area contributed by atoms with Gasteiger partial charge in [0.1, 0.15) is 0 Å². The lowest BCUT2D eigenvalue weighted by atomic mass is 10.5. The van der Waals surface area contributed by atoms with E-state index in [0.29, 0.717) is 13.2 Å². The first-order chi connectivity index (χ1) is 7.04. The van der Waals surface area contributed by atoms with E-state index >= 15 is 0 Å². The third kappa shape index (κ3) is 7.54. The Balaban J connectivity index is 4.13. The number of hydrogen-bond donors (Lipinski definition) is 1. The molecule has 0 bridgehead atoms. The average Bonchev–Trinajstić information content (AvgIpc) is 2.21. The second-order valence-electron chi connectivity index (χ2n) is 3.14. The Kier molecular flexibility index (Phi) is 7.65. The summed E-state index contributed by atoms with van der Waals surface area (Å²) in [5.41, 5.74) is 0. The Bertz CT molecular complexity index is 217. The molecule has 0 unspecified atom stereocenters. The van der Waals surface area contributed by atoms with Crippen molar-refractivity contribution in [3.8, 4) is 0 Å². The molecule has 0 aromatic carbocycles. The van der Waals surface area contributed by atoms with E-state index < -0.39 is 13.6 Å². The van der Waals surface area contributed by atoms with E-state index in [9.17, 15) is 9.36 Å².